The zero-order chi connectivity index (χ0) is 15.2. The van der Waals surface area contributed by atoms with Gasteiger partial charge in [0, 0.05) is 6.92 Å². The number of unbranched alkanes of at least 4 members (excludes halogenated alkanes) is 2. The minimum atomic E-state index is -0.897. The van der Waals surface area contributed by atoms with Crippen LogP contribution in [0.3, 0.4) is 0 Å². The molecule has 0 heterocycles. The number of hydrogen-bond acceptors (Lipinski definition) is 3. The van der Waals surface area contributed by atoms with Crippen molar-refractivity contribution in [1.29, 1.82) is 0 Å². The average molecular weight is 272 g/mol. The van der Waals surface area contributed by atoms with Crippen molar-refractivity contribution in [3.05, 3.63) is 37.5 Å². The van der Waals surface area contributed by atoms with Crippen LogP contribution >= 0.6 is 0 Å². The second-order valence-electron chi connectivity index (χ2n) is 3.90. The Hall–Kier alpha value is -2.23. The molecule has 0 radical (unpaired) electrons. The SMILES string of the molecule is C=CCCC/C=C\[C@@H](C#CC#C[C@H](O)C=C)OC(C)=O. The van der Waals surface area contributed by atoms with Crippen LogP contribution in [-0.4, -0.2) is 23.3 Å². The molecule has 0 aliphatic carbocycles. The summed E-state index contributed by atoms with van der Waals surface area (Å²) in [5.74, 6) is 9.79. The van der Waals surface area contributed by atoms with E-state index in [0.717, 1.165) is 19.3 Å². The first kappa shape index (κ1) is 17.8. The number of hydrogen-bond donors (Lipinski definition) is 1. The fraction of sp³-hybridized carbons (Fsp3) is 0.353. The van der Waals surface area contributed by atoms with Gasteiger partial charge in [0.25, 0.3) is 0 Å². The summed E-state index contributed by atoms with van der Waals surface area (Å²) in [5.41, 5.74) is 0. The Morgan fingerprint density at radius 1 is 1.30 bits per heavy atom. The molecule has 1 N–H and O–H groups in total. The summed E-state index contributed by atoms with van der Waals surface area (Å²) in [6, 6.07) is 0. The molecule has 3 nitrogen and oxygen atoms in total. The van der Waals surface area contributed by atoms with E-state index in [1.165, 1.54) is 13.0 Å². The predicted octanol–water partition coefficient (Wildman–Crippen LogP) is 2.38. The lowest BCUT2D eigenvalue weighted by atomic mass is 10.2. The highest BCUT2D eigenvalue weighted by atomic mass is 16.5. The lowest BCUT2D eigenvalue weighted by molar-refractivity contribution is -0.142. The maximum absolute atomic E-state index is 11.0. The summed E-state index contributed by atoms with van der Waals surface area (Å²) in [4.78, 5) is 11.0. The Bertz CT molecular complexity index is 466. The number of ether oxygens (including phenoxy) is 1. The van der Waals surface area contributed by atoms with E-state index in [-0.39, 0.29) is 0 Å². The second-order valence-corrected chi connectivity index (χ2v) is 3.90. The predicted molar refractivity (Wildman–Crippen MR) is 80.5 cm³/mol. The van der Waals surface area contributed by atoms with Gasteiger partial charge in [-0.25, -0.2) is 0 Å². The van der Waals surface area contributed by atoms with Gasteiger partial charge < -0.3 is 9.84 Å². The molecule has 0 aromatic heterocycles. The zero-order valence-electron chi connectivity index (χ0n) is 11.8. The van der Waals surface area contributed by atoms with Crippen molar-refractivity contribution in [2.75, 3.05) is 0 Å². The lowest BCUT2D eigenvalue weighted by Crippen LogP contribution is -2.11. The van der Waals surface area contributed by atoms with Crippen molar-refractivity contribution >= 4 is 5.97 Å². The van der Waals surface area contributed by atoms with Crippen molar-refractivity contribution in [1.82, 2.24) is 0 Å². The van der Waals surface area contributed by atoms with Gasteiger partial charge in [-0.3, -0.25) is 4.79 Å². The number of allylic oxidation sites excluding steroid dienone is 2. The molecule has 0 saturated heterocycles. The van der Waals surface area contributed by atoms with E-state index >= 15 is 0 Å². The molecule has 0 aliphatic rings. The van der Waals surface area contributed by atoms with Crippen molar-refractivity contribution < 1.29 is 14.6 Å². The van der Waals surface area contributed by atoms with E-state index in [0.29, 0.717) is 0 Å². The molecule has 0 rings (SSSR count). The van der Waals surface area contributed by atoms with E-state index in [1.54, 1.807) is 6.08 Å². The van der Waals surface area contributed by atoms with Crippen molar-refractivity contribution in [3.8, 4) is 23.7 Å². The molecule has 0 spiro atoms. The van der Waals surface area contributed by atoms with Crippen LogP contribution < -0.4 is 0 Å². The monoisotopic (exact) mass is 272 g/mol. The molecule has 106 valence electrons. The highest BCUT2D eigenvalue weighted by Gasteiger charge is 2.02. The Morgan fingerprint density at radius 2 is 2.00 bits per heavy atom. The third kappa shape index (κ3) is 10.9. The van der Waals surface area contributed by atoms with Gasteiger partial charge >= 0.3 is 5.97 Å². The third-order valence-electron chi connectivity index (χ3n) is 2.10. The topological polar surface area (TPSA) is 46.5 Å². The molecule has 3 heteroatoms. The largest absolute Gasteiger partial charge is 0.445 e. The summed E-state index contributed by atoms with van der Waals surface area (Å²) in [5, 5.41) is 9.13. The number of carbonyl (C=O) groups is 1. The van der Waals surface area contributed by atoms with Crippen LogP contribution in [0.25, 0.3) is 0 Å². The molecular formula is C17H20O3. The molecule has 0 aromatic rings. The minimum Gasteiger partial charge on any atom is -0.445 e. The summed E-state index contributed by atoms with van der Waals surface area (Å²) in [7, 11) is 0. The van der Waals surface area contributed by atoms with E-state index in [4.69, 9.17) is 9.84 Å². The molecule has 0 saturated carbocycles. The van der Waals surface area contributed by atoms with Crippen molar-refractivity contribution in [3.63, 3.8) is 0 Å². The van der Waals surface area contributed by atoms with E-state index < -0.39 is 18.2 Å². The Morgan fingerprint density at radius 3 is 2.60 bits per heavy atom. The standard InChI is InChI=1S/C17H20O3/c1-4-6-7-8-9-13-17(20-15(3)18)14-11-10-12-16(19)5-2/h4-5,9,13,16-17,19H,1-2,6-8H2,3H3/b13-9-/t16-,17+/m1/s1. The Balaban J connectivity index is 4.51. The van der Waals surface area contributed by atoms with Crippen LogP contribution in [0.15, 0.2) is 37.5 Å². The van der Waals surface area contributed by atoms with Gasteiger partial charge in [-0.1, -0.05) is 30.7 Å². The Kier molecular flexibility index (Phi) is 10.5. The molecule has 2 atom stereocenters. The van der Waals surface area contributed by atoms with Crippen LogP contribution in [-0.2, 0) is 9.53 Å². The van der Waals surface area contributed by atoms with Crippen molar-refractivity contribution in [2.24, 2.45) is 0 Å². The fourth-order valence-electron chi connectivity index (χ4n) is 1.17. The van der Waals surface area contributed by atoms with Gasteiger partial charge in [-0.15, -0.1) is 6.58 Å². The smallest absolute Gasteiger partial charge is 0.304 e. The first-order chi connectivity index (χ1) is 9.60. The van der Waals surface area contributed by atoms with Crippen LogP contribution in [0.2, 0.25) is 0 Å². The maximum Gasteiger partial charge on any atom is 0.304 e. The molecule has 0 aliphatic heterocycles. The molecule has 20 heavy (non-hydrogen) atoms. The molecular weight excluding hydrogens is 252 g/mol. The van der Waals surface area contributed by atoms with Gasteiger partial charge in [0.05, 0.1) is 0 Å². The highest BCUT2D eigenvalue weighted by Crippen LogP contribution is 2.00. The van der Waals surface area contributed by atoms with Crippen molar-refractivity contribution in [2.45, 2.75) is 38.4 Å². The van der Waals surface area contributed by atoms with E-state index in [1.807, 2.05) is 12.2 Å². The van der Waals surface area contributed by atoms with Crippen LogP contribution in [0, 0.1) is 23.7 Å². The molecule has 0 bridgehead atoms. The first-order valence-electron chi connectivity index (χ1n) is 6.36. The number of aliphatic hydroxyl groups is 1. The number of esters is 1. The summed E-state index contributed by atoms with van der Waals surface area (Å²) in [6.45, 7) is 8.36. The summed E-state index contributed by atoms with van der Waals surface area (Å²) >= 11 is 0. The lowest BCUT2D eigenvalue weighted by Gasteiger charge is -2.04. The third-order valence-corrected chi connectivity index (χ3v) is 2.10. The summed E-state index contributed by atoms with van der Waals surface area (Å²) < 4.78 is 5.02. The molecule has 0 unspecified atom stereocenters. The molecule has 0 fully saturated rings. The van der Waals surface area contributed by atoms with Crippen LogP contribution in [0.1, 0.15) is 26.2 Å². The first-order valence-corrected chi connectivity index (χ1v) is 6.36. The quantitative estimate of drug-likeness (QED) is 0.335. The van der Waals surface area contributed by atoms with Crippen LogP contribution in [0.4, 0.5) is 0 Å². The number of carbonyl (C=O) groups excluding carboxylic acids is 1. The Labute approximate surface area is 121 Å². The number of aliphatic hydroxyl groups excluding tert-OH is 1. The van der Waals surface area contributed by atoms with E-state index in [2.05, 4.69) is 36.8 Å². The second kappa shape index (κ2) is 11.8. The van der Waals surface area contributed by atoms with Gasteiger partial charge in [0.1, 0.15) is 6.10 Å². The fourth-order valence-corrected chi connectivity index (χ4v) is 1.17. The molecule has 0 aromatic carbocycles. The highest BCUT2D eigenvalue weighted by molar-refractivity contribution is 5.66. The minimum absolute atomic E-state index is 0.404. The van der Waals surface area contributed by atoms with E-state index in [9.17, 15) is 4.79 Å². The number of rotatable bonds is 7. The van der Waals surface area contributed by atoms with Gasteiger partial charge in [0.15, 0.2) is 6.10 Å². The van der Waals surface area contributed by atoms with Crippen LogP contribution in [0.5, 0.6) is 0 Å². The maximum atomic E-state index is 11.0. The normalized spacial score (nSPS) is 12.3. The molecule has 0 amide bonds. The van der Waals surface area contributed by atoms with Gasteiger partial charge in [-0.05, 0) is 43.1 Å². The van der Waals surface area contributed by atoms with Gasteiger partial charge in [-0.2, -0.15) is 0 Å². The zero-order valence-corrected chi connectivity index (χ0v) is 11.8. The summed E-state index contributed by atoms with van der Waals surface area (Å²) in [6.07, 6.45) is 8.09. The average Bonchev–Trinajstić information content (AvgIpc) is 2.42. The van der Waals surface area contributed by atoms with Gasteiger partial charge in [0.2, 0.25) is 0 Å².